The van der Waals surface area contributed by atoms with Gasteiger partial charge in [0.2, 0.25) is 0 Å². The molecule has 0 unspecified atom stereocenters. The molecule has 0 bridgehead atoms. The van der Waals surface area contributed by atoms with Crippen LogP contribution in [0.2, 0.25) is 0 Å². The van der Waals surface area contributed by atoms with E-state index in [-0.39, 0.29) is 0 Å². The maximum absolute atomic E-state index is 5.17. The molecule has 2 aromatic heterocycles. The highest BCUT2D eigenvalue weighted by Crippen LogP contribution is 2.41. The van der Waals surface area contributed by atoms with E-state index in [1.807, 2.05) is 30.6 Å². The molecule has 0 aliphatic rings. The minimum Gasteiger partial charge on any atom is -0.265 e. The summed E-state index contributed by atoms with van der Waals surface area (Å²) >= 11 is 0. The van der Waals surface area contributed by atoms with Crippen molar-refractivity contribution >= 4 is 21.5 Å². The van der Waals surface area contributed by atoms with Gasteiger partial charge in [0.1, 0.15) is 0 Å². The summed E-state index contributed by atoms with van der Waals surface area (Å²) in [6.45, 7) is 0. The minimum atomic E-state index is 0.692. The van der Waals surface area contributed by atoms with Crippen molar-refractivity contribution in [2.45, 2.75) is 0 Å². The smallest absolute Gasteiger partial charge is 0.160 e. The van der Waals surface area contributed by atoms with Crippen molar-refractivity contribution < 1.29 is 0 Å². The average Bonchev–Trinajstić information content (AvgIpc) is 3.20. The number of pyridine rings is 1. The fraction of sp³-hybridized carbons (Fsp3) is 0. The molecule has 9 rings (SSSR count). The highest BCUT2D eigenvalue weighted by molar-refractivity contribution is 6.16. The van der Waals surface area contributed by atoms with Gasteiger partial charge in [0.25, 0.3) is 0 Å². The van der Waals surface area contributed by atoms with E-state index in [1.54, 1.807) is 0 Å². The maximum atomic E-state index is 5.17. The number of benzene rings is 7. The molecule has 0 aliphatic heterocycles. The van der Waals surface area contributed by atoms with Crippen LogP contribution in [0.25, 0.3) is 88.8 Å². The highest BCUT2D eigenvalue weighted by Gasteiger charge is 2.15. The van der Waals surface area contributed by atoms with E-state index in [2.05, 4.69) is 163 Å². The van der Waals surface area contributed by atoms with E-state index < -0.39 is 0 Å². The highest BCUT2D eigenvalue weighted by atomic mass is 14.9. The first kappa shape index (κ1) is 29.4. The average molecular weight is 638 g/mol. The number of nitrogens with zero attached hydrogens (tertiary/aromatic N) is 3. The van der Waals surface area contributed by atoms with Gasteiger partial charge in [0, 0.05) is 29.1 Å². The summed E-state index contributed by atoms with van der Waals surface area (Å²) in [6.07, 6.45) is 3.64. The van der Waals surface area contributed by atoms with Gasteiger partial charge < -0.3 is 0 Å². The molecule has 0 spiro atoms. The van der Waals surface area contributed by atoms with Gasteiger partial charge in [0.05, 0.1) is 11.4 Å². The van der Waals surface area contributed by atoms with E-state index in [0.717, 1.165) is 44.8 Å². The summed E-state index contributed by atoms with van der Waals surface area (Å²) in [5.41, 5.74) is 11.9. The second-order valence-corrected chi connectivity index (χ2v) is 12.5. The second kappa shape index (κ2) is 12.7. The number of aromatic nitrogens is 3. The number of hydrogen-bond donors (Lipinski definition) is 0. The predicted octanol–water partition coefficient (Wildman–Crippen LogP) is 12.2. The second-order valence-electron chi connectivity index (χ2n) is 12.5. The van der Waals surface area contributed by atoms with Crippen molar-refractivity contribution in [3.8, 4) is 67.3 Å². The molecular weight excluding hydrogens is 607 g/mol. The van der Waals surface area contributed by atoms with Gasteiger partial charge in [-0.3, -0.25) is 4.98 Å². The molecule has 0 saturated heterocycles. The lowest BCUT2D eigenvalue weighted by Gasteiger charge is -2.15. The Kier molecular flexibility index (Phi) is 7.49. The summed E-state index contributed by atoms with van der Waals surface area (Å²) < 4.78 is 0. The summed E-state index contributed by atoms with van der Waals surface area (Å²) in [7, 11) is 0. The van der Waals surface area contributed by atoms with Crippen molar-refractivity contribution in [3.63, 3.8) is 0 Å². The van der Waals surface area contributed by atoms with Gasteiger partial charge in [-0.25, -0.2) is 9.97 Å². The van der Waals surface area contributed by atoms with Crippen LogP contribution in [0.15, 0.2) is 188 Å². The zero-order valence-electron chi connectivity index (χ0n) is 27.2. The first-order chi connectivity index (χ1) is 24.8. The Bertz CT molecular complexity index is 2610. The molecule has 9 aromatic rings. The van der Waals surface area contributed by atoms with Gasteiger partial charge in [-0.1, -0.05) is 146 Å². The molecule has 3 heteroatoms. The minimum absolute atomic E-state index is 0.692. The molecule has 0 N–H and O–H groups in total. The van der Waals surface area contributed by atoms with Crippen LogP contribution < -0.4 is 0 Å². The van der Waals surface area contributed by atoms with Gasteiger partial charge >= 0.3 is 0 Å². The third-order valence-corrected chi connectivity index (χ3v) is 9.39. The molecule has 7 aromatic carbocycles. The van der Waals surface area contributed by atoms with Gasteiger partial charge in [-0.2, -0.15) is 0 Å². The predicted molar refractivity (Wildman–Crippen MR) is 207 cm³/mol. The summed E-state index contributed by atoms with van der Waals surface area (Å²) in [5.74, 6) is 0.692. The Hall–Kier alpha value is -6.71. The van der Waals surface area contributed by atoms with Crippen LogP contribution >= 0.6 is 0 Å². The first-order valence-electron chi connectivity index (χ1n) is 16.8. The molecule has 50 heavy (non-hydrogen) atoms. The zero-order chi connectivity index (χ0) is 33.3. The van der Waals surface area contributed by atoms with E-state index in [9.17, 15) is 0 Å². The Morgan fingerprint density at radius 1 is 0.320 bits per heavy atom. The van der Waals surface area contributed by atoms with Gasteiger partial charge in [-0.05, 0) is 85.3 Å². The van der Waals surface area contributed by atoms with Crippen LogP contribution in [0.3, 0.4) is 0 Å². The Morgan fingerprint density at radius 3 is 1.64 bits per heavy atom. The lowest BCUT2D eigenvalue weighted by molar-refractivity contribution is 1.18. The van der Waals surface area contributed by atoms with Crippen LogP contribution in [0.1, 0.15) is 0 Å². The zero-order valence-corrected chi connectivity index (χ0v) is 27.2. The SMILES string of the molecule is c1ccc(-c2cc(-c3ccc(-c4ccncc4)cc3)nc(-c3cccc(-c4cccc5c(-c6ccccc6)c6ccccc6cc45)c3)n2)cc1. The monoisotopic (exact) mass is 637 g/mol. The van der Waals surface area contributed by atoms with Crippen LogP contribution in [0.4, 0.5) is 0 Å². The van der Waals surface area contributed by atoms with Gasteiger partial charge in [-0.15, -0.1) is 0 Å². The number of rotatable bonds is 6. The fourth-order valence-corrected chi connectivity index (χ4v) is 6.94. The third-order valence-electron chi connectivity index (χ3n) is 9.39. The van der Waals surface area contributed by atoms with Crippen molar-refractivity contribution in [3.05, 3.63) is 188 Å². The summed E-state index contributed by atoms with van der Waals surface area (Å²) in [4.78, 5) is 14.5. The summed E-state index contributed by atoms with van der Waals surface area (Å²) in [6, 6.07) is 62.1. The fourth-order valence-electron chi connectivity index (χ4n) is 6.94. The normalized spacial score (nSPS) is 11.2. The van der Waals surface area contributed by atoms with Crippen LogP contribution in [0.5, 0.6) is 0 Å². The Morgan fingerprint density at radius 2 is 0.880 bits per heavy atom. The van der Waals surface area contributed by atoms with E-state index >= 15 is 0 Å². The molecule has 0 fully saturated rings. The molecule has 2 heterocycles. The quantitative estimate of drug-likeness (QED) is 0.170. The molecule has 0 radical (unpaired) electrons. The third kappa shape index (κ3) is 5.51. The molecule has 3 nitrogen and oxygen atoms in total. The topological polar surface area (TPSA) is 38.7 Å². The van der Waals surface area contributed by atoms with Gasteiger partial charge in [0.15, 0.2) is 5.82 Å². The molecule has 0 amide bonds. The largest absolute Gasteiger partial charge is 0.265 e. The van der Waals surface area contributed by atoms with Crippen molar-refractivity contribution in [2.24, 2.45) is 0 Å². The van der Waals surface area contributed by atoms with Crippen molar-refractivity contribution in [1.29, 1.82) is 0 Å². The van der Waals surface area contributed by atoms with Crippen LogP contribution in [-0.2, 0) is 0 Å². The first-order valence-corrected chi connectivity index (χ1v) is 16.8. The molecule has 0 atom stereocenters. The van der Waals surface area contributed by atoms with Crippen molar-refractivity contribution in [2.75, 3.05) is 0 Å². The molecule has 0 aliphatic carbocycles. The van der Waals surface area contributed by atoms with Crippen LogP contribution in [-0.4, -0.2) is 15.0 Å². The van der Waals surface area contributed by atoms with Crippen molar-refractivity contribution in [1.82, 2.24) is 15.0 Å². The van der Waals surface area contributed by atoms with Crippen LogP contribution in [0, 0.1) is 0 Å². The molecule has 0 saturated carbocycles. The standard InChI is InChI=1S/C47H31N3/c1-3-11-34(12-4-1)44-31-45(35-23-21-32(22-24-35)33-25-27-48-28-26-33)50-47(49-44)39-17-9-16-37(29-39)40-19-10-20-42-43(40)30-38-15-7-8-18-41(38)46(42)36-13-5-2-6-14-36/h1-31H. The van der Waals surface area contributed by atoms with E-state index in [1.165, 1.54) is 38.2 Å². The van der Waals surface area contributed by atoms with E-state index in [0.29, 0.717) is 5.82 Å². The number of fused-ring (bicyclic) bond motifs is 2. The van der Waals surface area contributed by atoms with E-state index in [4.69, 9.17) is 9.97 Å². The Balaban J connectivity index is 1.19. The summed E-state index contributed by atoms with van der Waals surface area (Å²) in [5, 5.41) is 4.93. The number of hydrogen-bond acceptors (Lipinski definition) is 3. The molecule has 234 valence electrons. The lowest BCUT2D eigenvalue weighted by Crippen LogP contribution is -1.96. The molecular formula is C47H31N3. The maximum Gasteiger partial charge on any atom is 0.160 e. The Labute approximate surface area is 291 Å². The lowest BCUT2D eigenvalue weighted by atomic mass is 9.88.